The lowest BCUT2D eigenvalue weighted by atomic mass is 9.76. The molecule has 0 aliphatic heterocycles. The highest BCUT2D eigenvalue weighted by atomic mass is 16.1. The Morgan fingerprint density at radius 3 is 2.63 bits per heavy atom. The molecule has 1 aliphatic carbocycles. The fourth-order valence-corrected chi connectivity index (χ4v) is 3.60. The van der Waals surface area contributed by atoms with Crippen LogP contribution in [0.3, 0.4) is 0 Å². The molecule has 2 nitrogen and oxygen atoms in total. The van der Waals surface area contributed by atoms with Crippen molar-refractivity contribution >= 4 is 16.7 Å². The van der Waals surface area contributed by atoms with E-state index >= 15 is 0 Å². The van der Waals surface area contributed by atoms with E-state index in [1.54, 1.807) is 0 Å². The molecule has 0 unspecified atom stereocenters. The number of hydrogen-bond donors (Lipinski definition) is 0. The van der Waals surface area contributed by atoms with Gasteiger partial charge < -0.3 is 4.57 Å². The van der Waals surface area contributed by atoms with Crippen LogP contribution >= 0.6 is 0 Å². The van der Waals surface area contributed by atoms with Crippen molar-refractivity contribution in [1.82, 2.24) is 4.57 Å². The number of Topliss-reactive ketones (excluding diaryl/α,β-unsaturated/α-hetero) is 1. The zero-order valence-electron chi connectivity index (χ0n) is 11.8. The number of aromatic nitrogens is 1. The number of ketones is 1. The van der Waals surface area contributed by atoms with Crippen LogP contribution in [-0.4, -0.2) is 10.4 Å². The largest absolute Gasteiger partial charge is 0.350 e. The van der Waals surface area contributed by atoms with Crippen molar-refractivity contribution in [2.75, 3.05) is 0 Å². The third-order valence-electron chi connectivity index (χ3n) is 4.86. The number of carbonyl (C=O) groups is 1. The highest BCUT2D eigenvalue weighted by Gasteiger charge is 2.40. The van der Waals surface area contributed by atoms with E-state index in [1.165, 1.54) is 12.8 Å². The minimum Gasteiger partial charge on any atom is -0.350 e. The van der Waals surface area contributed by atoms with Crippen molar-refractivity contribution in [2.24, 2.45) is 12.5 Å². The van der Waals surface area contributed by atoms with Crippen molar-refractivity contribution < 1.29 is 4.79 Å². The number of rotatable bonds is 3. The summed E-state index contributed by atoms with van der Waals surface area (Å²) in [4.78, 5) is 13.0. The first-order valence-electron chi connectivity index (χ1n) is 7.27. The van der Waals surface area contributed by atoms with Gasteiger partial charge in [-0.25, -0.2) is 0 Å². The molecular weight excluding hydrogens is 234 g/mol. The van der Waals surface area contributed by atoms with E-state index in [-0.39, 0.29) is 5.41 Å². The molecule has 0 bridgehead atoms. The number of hydrogen-bond acceptors (Lipinski definition) is 1. The summed E-state index contributed by atoms with van der Waals surface area (Å²) < 4.78 is 2.07. The van der Waals surface area contributed by atoms with Gasteiger partial charge in [-0.3, -0.25) is 4.79 Å². The standard InChI is InChI=1S/C17H21NO/c1-3-17(10-6-7-11-17)16(19)14-12-18(2)15-9-5-4-8-13(14)15/h4-5,8-9,12H,3,6-7,10-11H2,1-2H3. The predicted molar refractivity (Wildman–Crippen MR) is 78.4 cm³/mol. The summed E-state index contributed by atoms with van der Waals surface area (Å²) in [5, 5.41) is 1.11. The summed E-state index contributed by atoms with van der Waals surface area (Å²) >= 11 is 0. The molecule has 0 amide bonds. The lowest BCUT2D eigenvalue weighted by Crippen LogP contribution is -2.27. The summed E-state index contributed by atoms with van der Waals surface area (Å²) in [5.41, 5.74) is 1.97. The molecule has 1 aliphatic rings. The average molecular weight is 255 g/mol. The number of fused-ring (bicyclic) bond motifs is 1. The van der Waals surface area contributed by atoms with Gasteiger partial charge in [0.1, 0.15) is 0 Å². The van der Waals surface area contributed by atoms with E-state index in [1.807, 2.05) is 25.4 Å². The molecule has 0 spiro atoms. The molecule has 1 heterocycles. The third-order valence-corrected chi connectivity index (χ3v) is 4.86. The summed E-state index contributed by atoms with van der Waals surface area (Å²) in [6.07, 6.45) is 7.50. The summed E-state index contributed by atoms with van der Waals surface area (Å²) in [5.74, 6) is 0.365. The van der Waals surface area contributed by atoms with Gasteiger partial charge in [0.05, 0.1) is 0 Å². The summed E-state index contributed by atoms with van der Waals surface area (Å²) in [6.45, 7) is 2.16. The Balaban J connectivity index is 2.11. The van der Waals surface area contributed by atoms with Crippen molar-refractivity contribution in [3.63, 3.8) is 0 Å². The van der Waals surface area contributed by atoms with Gasteiger partial charge in [0, 0.05) is 35.1 Å². The molecule has 0 N–H and O–H groups in total. The highest BCUT2D eigenvalue weighted by molar-refractivity contribution is 6.10. The first-order valence-corrected chi connectivity index (χ1v) is 7.27. The lowest BCUT2D eigenvalue weighted by molar-refractivity contribution is 0.0793. The van der Waals surface area contributed by atoms with E-state index in [4.69, 9.17) is 0 Å². The Labute approximate surface area is 114 Å². The Morgan fingerprint density at radius 1 is 1.26 bits per heavy atom. The molecule has 0 radical (unpaired) electrons. The number of benzene rings is 1. The van der Waals surface area contributed by atoms with Crippen LogP contribution in [0.15, 0.2) is 30.5 Å². The Kier molecular flexibility index (Phi) is 2.96. The topological polar surface area (TPSA) is 22.0 Å². The molecule has 1 aromatic carbocycles. The first kappa shape index (κ1) is 12.5. The van der Waals surface area contributed by atoms with Gasteiger partial charge in [-0.2, -0.15) is 0 Å². The maximum absolute atomic E-state index is 13.0. The monoisotopic (exact) mass is 255 g/mol. The van der Waals surface area contributed by atoms with Gasteiger partial charge in [-0.05, 0) is 25.3 Å². The molecule has 3 rings (SSSR count). The number of aryl methyl sites for hydroxylation is 1. The van der Waals surface area contributed by atoms with E-state index < -0.39 is 0 Å². The van der Waals surface area contributed by atoms with Gasteiger partial charge in [-0.1, -0.05) is 38.0 Å². The zero-order chi connectivity index (χ0) is 13.5. The van der Waals surface area contributed by atoms with Crippen LogP contribution in [0.5, 0.6) is 0 Å². The third kappa shape index (κ3) is 1.81. The zero-order valence-corrected chi connectivity index (χ0v) is 11.8. The average Bonchev–Trinajstić information content (AvgIpc) is 3.05. The van der Waals surface area contributed by atoms with E-state index in [2.05, 4.69) is 23.6 Å². The van der Waals surface area contributed by atoms with Crippen LogP contribution in [0.1, 0.15) is 49.4 Å². The quantitative estimate of drug-likeness (QED) is 0.748. The summed E-state index contributed by atoms with van der Waals surface area (Å²) in [6, 6.07) is 8.20. The fourth-order valence-electron chi connectivity index (χ4n) is 3.60. The fraction of sp³-hybridized carbons (Fsp3) is 0.471. The summed E-state index contributed by atoms with van der Waals surface area (Å²) in [7, 11) is 2.02. The minimum absolute atomic E-state index is 0.0931. The van der Waals surface area contributed by atoms with Crippen molar-refractivity contribution in [3.05, 3.63) is 36.0 Å². The molecular formula is C17H21NO. The molecule has 0 atom stereocenters. The Bertz CT molecular complexity index is 617. The molecule has 2 aromatic rings. The van der Waals surface area contributed by atoms with Gasteiger partial charge in [0.25, 0.3) is 0 Å². The second-order valence-corrected chi connectivity index (χ2v) is 5.84. The molecule has 1 aromatic heterocycles. The van der Waals surface area contributed by atoms with Crippen LogP contribution in [0.4, 0.5) is 0 Å². The van der Waals surface area contributed by atoms with Crippen molar-refractivity contribution in [2.45, 2.75) is 39.0 Å². The van der Waals surface area contributed by atoms with Crippen molar-refractivity contribution in [3.8, 4) is 0 Å². The molecule has 100 valence electrons. The Morgan fingerprint density at radius 2 is 1.95 bits per heavy atom. The van der Waals surface area contributed by atoms with Gasteiger partial charge in [-0.15, -0.1) is 0 Å². The van der Waals surface area contributed by atoms with Crippen LogP contribution in [0.2, 0.25) is 0 Å². The van der Waals surface area contributed by atoms with E-state index in [0.717, 1.165) is 35.7 Å². The number of nitrogens with zero attached hydrogens (tertiary/aromatic N) is 1. The molecule has 1 saturated carbocycles. The van der Waals surface area contributed by atoms with E-state index in [9.17, 15) is 4.79 Å². The van der Waals surface area contributed by atoms with Crippen molar-refractivity contribution in [1.29, 1.82) is 0 Å². The molecule has 1 fully saturated rings. The second kappa shape index (κ2) is 4.52. The number of carbonyl (C=O) groups excluding carboxylic acids is 1. The van der Waals surface area contributed by atoms with Gasteiger partial charge in [0.2, 0.25) is 0 Å². The minimum atomic E-state index is -0.0931. The van der Waals surface area contributed by atoms with Crippen LogP contribution in [0, 0.1) is 5.41 Å². The van der Waals surface area contributed by atoms with Gasteiger partial charge in [0.15, 0.2) is 5.78 Å². The maximum atomic E-state index is 13.0. The van der Waals surface area contributed by atoms with Crippen LogP contribution in [-0.2, 0) is 7.05 Å². The molecule has 19 heavy (non-hydrogen) atoms. The predicted octanol–water partition coefficient (Wildman–Crippen LogP) is 4.33. The number of para-hydroxylation sites is 1. The van der Waals surface area contributed by atoms with Gasteiger partial charge >= 0.3 is 0 Å². The second-order valence-electron chi connectivity index (χ2n) is 5.84. The van der Waals surface area contributed by atoms with Crippen LogP contribution in [0.25, 0.3) is 10.9 Å². The molecule has 0 saturated heterocycles. The highest BCUT2D eigenvalue weighted by Crippen LogP contribution is 2.44. The first-order chi connectivity index (χ1) is 9.18. The maximum Gasteiger partial charge on any atom is 0.171 e. The lowest BCUT2D eigenvalue weighted by Gasteiger charge is -2.25. The van der Waals surface area contributed by atoms with E-state index in [0.29, 0.717) is 5.78 Å². The Hall–Kier alpha value is -1.57. The SMILES string of the molecule is CCC1(C(=O)c2cn(C)c3ccccc23)CCCC1. The normalized spacial score (nSPS) is 18.0. The molecule has 2 heteroatoms. The van der Waals surface area contributed by atoms with Crippen LogP contribution < -0.4 is 0 Å². The smallest absolute Gasteiger partial charge is 0.171 e.